The van der Waals surface area contributed by atoms with Crippen molar-refractivity contribution in [3.05, 3.63) is 0 Å². The molecule has 0 aromatic heterocycles. The second kappa shape index (κ2) is 2.03. The number of hydrogen-bond acceptors (Lipinski definition) is 0. The van der Waals surface area contributed by atoms with E-state index in [1.54, 1.807) is 0 Å². The third kappa shape index (κ3) is 2.77. The van der Waals surface area contributed by atoms with Crippen LogP contribution in [0, 0.1) is 0 Å². The van der Waals surface area contributed by atoms with Gasteiger partial charge < -0.3 is 0 Å². The molecule has 1 aliphatic heterocycles. The summed E-state index contributed by atoms with van der Waals surface area (Å²) in [6.45, 7) is 0. The van der Waals surface area contributed by atoms with Crippen LogP contribution in [0.4, 0.5) is 0 Å². The standard InChI is InChI=1S/C2H3P.Li/c1-2-3-1;/h1H,2H2;/q;+1/p+1. The minimum absolute atomic E-state index is 0. The molecule has 1 aliphatic rings. The average molecular weight is 66.0 g/mol. The summed E-state index contributed by atoms with van der Waals surface area (Å²) in [5.74, 6) is 2.28. The predicted octanol–water partition coefficient (Wildman–Crippen LogP) is -2.52. The van der Waals surface area contributed by atoms with Gasteiger partial charge in [0.25, 0.3) is 0 Å². The van der Waals surface area contributed by atoms with Crippen LogP contribution in [0.2, 0.25) is 0 Å². The van der Waals surface area contributed by atoms with E-state index in [0.29, 0.717) is 0 Å². The van der Waals surface area contributed by atoms with E-state index in [4.69, 9.17) is 0 Å². The molecule has 0 saturated heterocycles. The Morgan fingerprint density at radius 3 is 2.00 bits per heavy atom. The molecule has 1 rings (SSSR count). The Morgan fingerprint density at radius 1 is 1.75 bits per heavy atom. The first-order chi connectivity index (χ1) is 1.50. The maximum atomic E-state index is 2.28. The molecule has 0 saturated carbocycles. The van der Waals surface area contributed by atoms with Gasteiger partial charge in [-0.15, -0.1) is 0 Å². The Bertz CT molecular complexity index is 29.0. The summed E-state index contributed by atoms with van der Waals surface area (Å²) in [4.78, 5) is 0. The molecular weight excluding hydrogens is 61.9 g/mol. The summed E-state index contributed by atoms with van der Waals surface area (Å²) in [6, 6.07) is 0. The van der Waals surface area contributed by atoms with Gasteiger partial charge in [-0.2, -0.15) is 0 Å². The van der Waals surface area contributed by atoms with Crippen molar-refractivity contribution in [2.24, 2.45) is 0 Å². The van der Waals surface area contributed by atoms with E-state index >= 15 is 0 Å². The summed E-state index contributed by atoms with van der Waals surface area (Å²) in [7, 11) is 1.21. The van der Waals surface area contributed by atoms with Gasteiger partial charge in [0.1, 0.15) is 5.80 Å². The minimum atomic E-state index is 0. The van der Waals surface area contributed by atoms with E-state index in [0.717, 1.165) is 0 Å². The molecule has 0 aromatic rings. The van der Waals surface area contributed by atoms with Crippen LogP contribution in [0.3, 0.4) is 0 Å². The van der Waals surface area contributed by atoms with Crippen LogP contribution in [0.5, 0.6) is 0 Å². The van der Waals surface area contributed by atoms with E-state index in [-0.39, 0.29) is 18.9 Å². The van der Waals surface area contributed by atoms with Crippen molar-refractivity contribution in [3.63, 3.8) is 0 Å². The third-order valence-corrected chi connectivity index (χ3v) is 0.612. The van der Waals surface area contributed by atoms with Gasteiger partial charge in [0.15, 0.2) is 6.16 Å². The second-order valence-electron chi connectivity index (χ2n) is 0.612. The molecule has 16 valence electrons. The Hall–Kier alpha value is 0.767. The quantitative estimate of drug-likeness (QED) is 0.216. The largest absolute Gasteiger partial charge is 1.00 e. The number of rotatable bonds is 0. The molecule has 0 spiro atoms. The molecule has 1 heterocycles. The van der Waals surface area contributed by atoms with E-state index in [1.165, 1.54) is 14.4 Å². The van der Waals surface area contributed by atoms with Gasteiger partial charge >= 0.3 is 18.9 Å². The van der Waals surface area contributed by atoms with Crippen molar-refractivity contribution in [3.8, 4) is 0 Å². The second-order valence-corrected chi connectivity index (χ2v) is 1.84. The van der Waals surface area contributed by atoms with Gasteiger partial charge in [-0.3, -0.25) is 0 Å². The van der Waals surface area contributed by atoms with Crippen LogP contribution in [-0.4, -0.2) is 12.0 Å². The van der Waals surface area contributed by atoms with Crippen molar-refractivity contribution in [2.75, 3.05) is 6.16 Å². The summed E-state index contributed by atoms with van der Waals surface area (Å²) in [5, 5.41) is 0. The molecule has 1 atom stereocenters. The van der Waals surface area contributed by atoms with Crippen molar-refractivity contribution in [2.45, 2.75) is 0 Å². The Morgan fingerprint density at radius 2 is 2.00 bits per heavy atom. The molecule has 0 radical (unpaired) electrons. The molecule has 0 bridgehead atoms. The number of hydrogen-bond donors (Lipinski definition) is 0. The van der Waals surface area contributed by atoms with Crippen LogP contribution in [-0.2, 0) is 0 Å². The van der Waals surface area contributed by atoms with E-state index < -0.39 is 0 Å². The fourth-order valence-electron chi connectivity index (χ4n) is 0. The molecule has 0 fully saturated rings. The topological polar surface area (TPSA) is 0 Å². The van der Waals surface area contributed by atoms with Gasteiger partial charge in [-0.05, 0) is 0 Å². The fraction of sp³-hybridized carbons (Fsp3) is 0.500. The molecule has 0 amide bonds. The zero-order chi connectivity index (χ0) is 2.12. The zero-order valence-corrected chi connectivity index (χ0v) is 3.78. The normalized spacial score (nSPS) is 18.0. The smallest absolute Gasteiger partial charge is 0.0876 e. The van der Waals surface area contributed by atoms with E-state index in [1.807, 2.05) is 0 Å². The molecular formula is C2H4LiP+2. The van der Waals surface area contributed by atoms with Crippen LogP contribution in [0.1, 0.15) is 0 Å². The van der Waals surface area contributed by atoms with Crippen LogP contribution in [0.25, 0.3) is 0 Å². The predicted molar refractivity (Wildman–Crippen MR) is 19.2 cm³/mol. The van der Waals surface area contributed by atoms with Crippen molar-refractivity contribution < 1.29 is 18.9 Å². The zero-order valence-electron chi connectivity index (χ0n) is 2.78. The van der Waals surface area contributed by atoms with Gasteiger partial charge in [-0.1, -0.05) is 0 Å². The van der Waals surface area contributed by atoms with Crippen molar-refractivity contribution in [1.29, 1.82) is 0 Å². The first kappa shape index (κ1) is 4.77. The van der Waals surface area contributed by atoms with Gasteiger partial charge in [0.2, 0.25) is 0 Å². The van der Waals surface area contributed by atoms with Crippen molar-refractivity contribution >= 4 is 14.0 Å². The maximum Gasteiger partial charge on any atom is 1.00 e. The van der Waals surface area contributed by atoms with Crippen LogP contribution >= 0.6 is 8.20 Å². The minimum Gasteiger partial charge on any atom is 0.0876 e. The summed E-state index contributed by atoms with van der Waals surface area (Å²) in [5.41, 5.74) is 0. The maximum absolute atomic E-state index is 2.28. The van der Waals surface area contributed by atoms with Crippen LogP contribution < -0.4 is 18.9 Å². The monoisotopic (exact) mass is 66.0 g/mol. The first-order valence-corrected chi connectivity index (χ1v) is 2.33. The first-order valence-electron chi connectivity index (χ1n) is 1.05. The summed E-state index contributed by atoms with van der Waals surface area (Å²) in [6.07, 6.45) is 1.40. The third-order valence-electron chi connectivity index (χ3n) is 0.204. The molecule has 0 aromatic carbocycles. The molecule has 2 heteroatoms. The van der Waals surface area contributed by atoms with Crippen LogP contribution in [0.15, 0.2) is 0 Å². The molecule has 0 N–H and O–H groups in total. The Balaban J connectivity index is 0.0000000900. The van der Waals surface area contributed by atoms with Gasteiger partial charge in [0.05, 0.1) is 8.20 Å². The molecule has 1 unspecified atom stereocenters. The fourth-order valence-corrected chi connectivity index (χ4v) is 0. The SMILES string of the molecule is C1=[PH+]C1.[Li+]. The van der Waals surface area contributed by atoms with Gasteiger partial charge in [-0.25, -0.2) is 0 Å². The van der Waals surface area contributed by atoms with E-state index in [2.05, 4.69) is 5.80 Å². The Kier molecular flexibility index (Phi) is 2.42. The Labute approximate surface area is 39.6 Å². The molecule has 0 nitrogen and oxygen atoms in total. The van der Waals surface area contributed by atoms with E-state index in [9.17, 15) is 0 Å². The summed E-state index contributed by atoms with van der Waals surface area (Å²) >= 11 is 0. The van der Waals surface area contributed by atoms with Crippen molar-refractivity contribution in [1.82, 2.24) is 0 Å². The summed E-state index contributed by atoms with van der Waals surface area (Å²) < 4.78 is 0. The molecule has 4 heavy (non-hydrogen) atoms. The average Bonchev–Trinajstić information content (AvgIpc) is 1.46. The molecule has 0 aliphatic carbocycles. The van der Waals surface area contributed by atoms with Gasteiger partial charge in [0, 0.05) is 0 Å².